The van der Waals surface area contributed by atoms with Gasteiger partial charge >= 0.3 is 0 Å². The number of fused-ring (bicyclic) bond motifs is 1. The summed E-state index contributed by atoms with van der Waals surface area (Å²) < 4.78 is 5.29. The monoisotopic (exact) mass is 399 g/mol. The third-order valence-corrected chi connectivity index (χ3v) is 4.81. The minimum absolute atomic E-state index is 0.274. The van der Waals surface area contributed by atoms with Crippen LogP contribution in [0.25, 0.3) is 22.3 Å². The number of benzene rings is 2. The molecule has 0 amide bonds. The highest BCUT2D eigenvalue weighted by atomic mass is 16.5. The van der Waals surface area contributed by atoms with Gasteiger partial charge in [0.1, 0.15) is 23.7 Å². The number of nitrogen functional groups attached to an aromatic ring is 1. The van der Waals surface area contributed by atoms with Gasteiger partial charge in [0.2, 0.25) is 0 Å². The van der Waals surface area contributed by atoms with Crippen molar-refractivity contribution in [2.75, 3.05) is 24.8 Å². The largest absolute Gasteiger partial charge is 0.497 e. The van der Waals surface area contributed by atoms with Crippen LogP contribution in [0.3, 0.4) is 0 Å². The number of hydrogen-bond acceptors (Lipinski definition) is 8. The molecule has 3 N–H and O–H groups in total. The molecule has 0 aliphatic heterocycles. The minimum atomic E-state index is 0.274. The number of rotatable bonds is 6. The molecular weight excluding hydrogens is 378 g/mol. The van der Waals surface area contributed by atoms with Gasteiger partial charge in [-0.2, -0.15) is 0 Å². The van der Waals surface area contributed by atoms with Crippen molar-refractivity contribution in [3.8, 4) is 17.0 Å². The fraction of sp³-hybridized carbons (Fsp3) is 0.136. The summed E-state index contributed by atoms with van der Waals surface area (Å²) in [4.78, 5) is 19.6. The molecule has 8 nitrogen and oxygen atoms in total. The molecule has 30 heavy (non-hydrogen) atoms. The van der Waals surface area contributed by atoms with Gasteiger partial charge in [0.15, 0.2) is 0 Å². The summed E-state index contributed by atoms with van der Waals surface area (Å²) in [7, 11) is 3.64. The second kappa shape index (κ2) is 8.12. The van der Waals surface area contributed by atoms with E-state index in [1.54, 1.807) is 13.3 Å². The lowest BCUT2D eigenvalue weighted by atomic mass is 10.1. The van der Waals surface area contributed by atoms with Gasteiger partial charge in [-0.1, -0.05) is 18.2 Å². The van der Waals surface area contributed by atoms with Gasteiger partial charge < -0.3 is 20.8 Å². The number of nitrogens with two attached hydrogens (primary N) is 1. The van der Waals surface area contributed by atoms with Gasteiger partial charge in [-0.25, -0.2) is 15.0 Å². The predicted octanol–water partition coefficient (Wildman–Crippen LogP) is 3.31. The fourth-order valence-electron chi connectivity index (χ4n) is 3.24. The summed E-state index contributed by atoms with van der Waals surface area (Å²) in [5.41, 5.74) is 10.4. The highest BCUT2D eigenvalue weighted by Crippen LogP contribution is 2.26. The maximum absolute atomic E-state index is 7.60. The van der Waals surface area contributed by atoms with Crippen molar-refractivity contribution >= 4 is 28.9 Å². The van der Waals surface area contributed by atoms with E-state index in [2.05, 4.69) is 15.0 Å². The Morgan fingerprint density at radius 2 is 1.97 bits per heavy atom. The molecule has 0 saturated heterocycles. The van der Waals surface area contributed by atoms with Crippen molar-refractivity contribution in [2.45, 2.75) is 6.54 Å². The van der Waals surface area contributed by atoms with E-state index in [0.717, 1.165) is 39.9 Å². The average molecular weight is 399 g/mol. The van der Waals surface area contributed by atoms with Crippen molar-refractivity contribution < 1.29 is 4.74 Å². The lowest BCUT2D eigenvalue weighted by Gasteiger charge is -2.18. The van der Waals surface area contributed by atoms with Crippen LogP contribution in [0, 0.1) is 5.41 Å². The normalized spacial score (nSPS) is 10.7. The first-order valence-electron chi connectivity index (χ1n) is 9.31. The molecule has 0 unspecified atom stereocenters. The summed E-state index contributed by atoms with van der Waals surface area (Å²) >= 11 is 0. The molecule has 2 aromatic heterocycles. The second-order valence-corrected chi connectivity index (χ2v) is 6.80. The van der Waals surface area contributed by atoms with Crippen molar-refractivity contribution in [3.63, 3.8) is 0 Å². The van der Waals surface area contributed by atoms with Crippen LogP contribution in [0.4, 0.5) is 11.6 Å². The summed E-state index contributed by atoms with van der Waals surface area (Å²) in [5.74, 6) is 1.87. The molecule has 0 bridgehead atoms. The summed E-state index contributed by atoms with van der Waals surface area (Å²) in [6.07, 6.45) is 4.31. The van der Waals surface area contributed by atoms with Crippen LogP contribution in [0.15, 0.2) is 55.0 Å². The summed E-state index contributed by atoms with van der Waals surface area (Å²) in [6.45, 7) is 0.679. The van der Waals surface area contributed by atoms with E-state index in [-0.39, 0.29) is 5.82 Å². The summed E-state index contributed by atoms with van der Waals surface area (Å²) in [6, 6.07) is 13.6. The molecule has 0 fully saturated rings. The van der Waals surface area contributed by atoms with E-state index in [1.165, 1.54) is 6.33 Å². The van der Waals surface area contributed by atoms with Crippen molar-refractivity contribution in [3.05, 3.63) is 66.1 Å². The first-order chi connectivity index (χ1) is 14.6. The zero-order chi connectivity index (χ0) is 21.1. The molecule has 0 saturated carbocycles. The van der Waals surface area contributed by atoms with E-state index in [4.69, 9.17) is 20.9 Å². The maximum atomic E-state index is 7.60. The Morgan fingerprint density at radius 1 is 1.10 bits per heavy atom. The zero-order valence-electron chi connectivity index (χ0n) is 16.7. The van der Waals surface area contributed by atoms with Gasteiger partial charge in [0, 0.05) is 25.4 Å². The van der Waals surface area contributed by atoms with Gasteiger partial charge in [-0.3, -0.25) is 4.98 Å². The lowest BCUT2D eigenvalue weighted by molar-refractivity contribution is 0.414. The van der Waals surface area contributed by atoms with E-state index in [9.17, 15) is 0 Å². The molecule has 8 heteroatoms. The number of methoxy groups -OCH3 is 1. The van der Waals surface area contributed by atoms with E-state index < -0.39 is 0 Å². The van der Waals surface area contributed by atoms with Crippen molar-refractivity contribution in [1.29, 1.82) is 5.41 Å². The quantitative estimate of drug-likeness (QED) is 0.478. The Labute approximate surface area is 173 Å². The van der Waals surface area contributed by atoms with Crippen LogP contribution in [-0.4, -0.2) is 40.3 Å². The third-order valence-electron chi connectivity index (χ3n) is 4.81. The predicted molar refractivity (Wildman–Crippen MR) is 118 cm³/mol. The van der Waals surface area contributed by atoms with E-state index in [1.807, 2.05) is 54.4 Å². The molecule has 2 aromatic carbocycles. The maximum Gasteiger partial charge on any atom is 0.147 e. The van der Waals surface area contributed by atoms with Crippen molar-refractivity contribution in [1.82, 2.24) is 19.9 Å². The SMILES string of the molecule is COc1cccc(CN(C)c2cnc3cc(-c4ncnc(N)c4C=N)ccc3n2)c1. The molecule has 0 aliphatic rings. The molecule has 0 atom stereocenters. The molecule has 4 aromatic rings. The van der Waals surface area contributed by atoms with E-state index in [0.29, 0.717) is 17.8 Å². The molecule has 0 spiro atoms. The number of ether oxygens (including phenoxy) is 1. The number of nitrogens with one attached hydrogen (secondary N) is 1. The van der Waals surface area contributed by atoms with Gasteiger partial charge in [-0.05, 0) is 29.8 Å². The zero-order valence-corrected chi connectivity index (χ0v) is 16.7. The standard InChI is InChI=1S/C22H21N7O/c1-29(12-14-4-3-5-16(8-14)30-2)20-11-25-19-9-15(6-7-18(19)28-20)21-17(10-23)22(24)27-13-26-21/h3-11,13,23H,12H2,1-2H3,(H2,24,26,27). The Bertz CT molecular complexity index is 1230. The Hall–Kier alpha value is -4.07. The smallest absolute Gasteiger partial charge is 0.147 e. The molecule has 0 radical (unpaired) electrons. The third kappa shape index (κ3) is 3.75. The molecule has 0 aliphatic carbocycles. The van der Waals surface area contributed by atoms with Gasteiger partial charge in [0.05, 0.1) is 35.6 Å². The topological polar surface area (TPSA) is 114 Å². The fourth-order valence-corrected chi connectivity index (χ4v) is 3.24. The Morgan fingerprint density at radius 3 is 2.77 bits per heavy atom. The van der Waals surface area contributed by atoms with Crippen LogP contribution < -0.4 is 15.4 Å². The highest BCUT2D eigenvalue weighted by Gasteiger charge is 2.12. The molecule has 2 heterocycles. The first kappa shape index (κ1) is 19.3. The number of aromatic nitrogens is 4. The van der Waals surface area contributed by atoms with Crippen LogP contribution in [0.1, 0.15) is 11.1 Å². The molecule has 150 valence electrons. The average Bonchev–Trinajstić information content (AvgIpc) is 2.78. The Kier molecular flexibility index (Phi) is 5.21. The van der Waals surface area contributed by atoms with Crippen LogP contribution >= 0.6 is 0 Å². The molecular formula is C22H21N7O. The molecule has 4 rings (SSSR count). The van der Waals surface area contributed by atoms with Crippen molar-refractivity contribution in [2.24, 2.45) is 0 Å². The van der Waals surface area contributed by atoms with Crippen LogP contribution in [0.2, 0.25) is 0 Å². The Balaban J connectivity index is 1.63. The van der Waals surface area contributed by atoms with Gasteiger partial charge in [-0.15, -0.1) is 0 Å². The number of anilines is 2. The first-order valence-corrected chi connectivity index (χ1v) is 9.31. The lowest BCUT2D eigenvalue weighted by Crippen LogP contribution is -2.18. The van der Waals surface area contributed by atoms with Gasteiger partial charge in [0.25, 0.3) is 0 Å². The summed E-state index contributed by atoms with van der Waals surface area (Å²) in [5, 5.41) is 7.60. The minimum Gasteiger partial charge on any atom is -0.497 e. The number of hydrogen-bond donors (Lipinski definition) is 2. The second-order valence-electron chi connectivity index (χ2n) is 6.80. The highest BCUT2D eigenvalue weighted by molar-refractivity contribution is 5.93. The van der Waals surface area contributed by atoms with E-state index >= 15 is 0 Å². The van der Waals surface area contributed by atoms with Crippen LogP contribution in [-0.2, 0) is 6.54 Å². The van der Waals surface area contributed by atoms with Crippen LogP contribution in [0.5, 0.6) is 5.75 Å². The number of nitrogens with zero attached hydrogens (tertiary/aromatic N) is 5.